The van der Waals surface area contributed by atoms with Gasteiger partial charge in [-0.3, -0.25) is 0 Å². The summed E-state index contributed by atoms with van der Waals surface area (Å²) in [4.78, 5) is 2.40. The SMILES string of the molecule is CC(SS)c1ccccc1N1CCOCC1. The molecule has 1 heterocycles. The minimum Gasteiger partial charge on any atom is -0.378 e. The van der Waals surface area contributed by atoms with Gasteiger partial charge in [-0.2, -0.15) is 0 Å². The Morgan fingerprint density at radius 1 is 1.31 bits per heavy atom. The van der Waals surface area contributed by atoms with Crippen LogP contribution in [0.15, 0.2) is 24.3 Å². The van der Waals surface area contributed by atoms with Crippen LogP contribution >= 0.6 is 22.5 Å². The second kappa shape index (κ2) is 5.84. The van der Waals surface area contributed by atoms with E-state index in [2.05, 4.69) is 47.7 Å². The van der Waals surface area contributed by atoms with E-state index in [4.69, 9.17) is 4.74 Å². The first-order valence-corrected chi connectivity index (χ1v) is 7.48. The average molecular weight is 255 g/mol. The van der Waals surface area contributed by atoms with Gasteiger partial charge in [0.2, 0.25) is 0 Å². The van der Waals surface area contributed by atoms with E-state index in [0.29, 0.717) is 5.25 Å². The molecule has 1 aliphatic heterocycles. The Labute approximate surface area is 106 Å². The van der Waals surface area contributed by atoms with Crippen LogP contribution in [-0.4, -0.2) is 26.3 Å². The van der Waals surface area contributed by atoms with Crippen LogP contribution in [0.25, 0.3) is 0 Å². The number of morpholine rings is 1. The Morgan fingerprint density at radius 3 is 2.69 bits per heavy atom. The Kier molecular flexibility index (Phi) is 4.44. The van der Waals surface area contributed by atoms with Crippen LogP contribution in [0.5, 0.6) is 0 Å². The lowest BCUT2D eigenvalue weighted by atomic mass is 10.1. The fourth-order valence-electron chi connectivity index (χ4n) is 1.98. The van der Waals surface area contributed by atoms with E-state index in [-0.39, 0.29) is 0 Å². The van der Waals surface area contributed by atoms with Crippen molar-refractivity contribution in [3.63, 3.8) is 0 Å². The molecule has 0 aliphatic carbocycles. The van der Waals surface area contributed by atoms with E-state index in [9.17, 15) is 0 Å². The van der Waals surface area contributed by atoms with Crippen molar-refractivity contribution in [2.45, 2.75) is 12.2 Å². The predicted octanol–water partition coefficient (Wildman–Crippen LogP) is 3.16. The van der Waals surface area contributed by atoms with Crippen LogP contribution in [0.2, 0.25) is 0 Å². The van der Waals surface area contributed by atoms with Gasteiger partial charge in [-0.15, -0.1) is 11.7 Å². The summed E-state index contributed by atoms with van der Waals surface area (Å²) in [6.07, 6.45) is 0. The summed E-state index contributed by atoms with van der Waals surface area (Å²) < 4.78 is 5.39. The predicted molar refractivity (Wildman–Crippen MR) is 74.5 cm³/mol. The van der Waals surface area contributed by atoms with Gasteiger partial charge < -0.3 is 9.64 Å². The Hall–Kier alpha value is -0.320. The fourth-order valence-corrected chi connectivity index (χ4v) is 2.63. The molecule has 4 heteroatoms. The molecule has 0 saturated carbocycles. The normalized spacial score (nSPS) is 18.5. The molecule has 16 heavy (non-hydrogen) atoms. The molecule has 0 N–H and O–H groups in total. The number of nitrogens with zero attached hydrogens (tertiary/aromatic N) is 1. The number of hydrogen-bond acceptors (Lipinski definition) is 4. The van der Waals surface area contributed by atoms with Crippen LogP contribution in [0.3, 0.4) is 0 Å². The highest BCUT2D eigenvalue weighted by atomic mass is 33.1. The first kappa shape index (κ1) is 12.1. The minimum atomic E-state index is 0.419. The number of para-hydroxylation sites is 1. The van der Waals surface area contributed by atoms with Gasteiger partial charge in [0.05, 0.1) is 13.2 Å². The van der Waals surface area contributed by atoms with Crippen molar-refractivity contribution < 1.29 is 4.74 Å². The van der Waals surface area contributed by atoms with Gasteiger partial charge in [0.1, 0.15) is 0 Å². The Balaban J connectivity index is 2.24. The fraction of sp³-hybridized carbons (Fsp3) is 0.500. The molecule has 1 aromatic carbocycles. The maximum Gasteiger partial charge on any atom is 0.0642 e. The lowest BCUT2D eigenvalue weighted by Crippen LogP contribution is -2.36. The van der Waals surface area contributed by atoms with E-state index in [1.165, 1.54) is 11.3 Å². The molecule has 1 aliphatic rings. The molecule has 0 bridgehead atoms. The first-order valence-electron chi connectivity index (χ1n) is 5.55. The quantitative estimate of drug-likeness (QED) is 0.658. The summed E-state index contributed by atoms with van der Waals surface area (Å²) in [5.74, 6) is 0. The third-order valence-corrected chi connectivity index (χ3v) is 4.40. The monoisotopic (exact) mass is 255 g/mol. The molecule has 0 spiro atoms. The van der Waals surface area contributed by atoms with Crippen LogP contribution in [0, 0.1) is 0 Å². The van der Waals surface area contributed by atoms with Crippen molar-refractivity contribution in [2.24, 2.45) is 0 Å². The highest BCUT2D eigenvalue weighted by Crippen LogP contribution is 2.36. The van der Waals surface area contributed by atoms with E-state index < -0.39 is 0 Å². The Bertz CT molecular complexity index is 340. The van der Waals surface area contributed by atoms with Crippen LogP contribution < -0.4 is 4.90 Å². The largest absolute Gasteiger partial charge is 0.378 e. The molecule has 1 atom stereocenters. The number of ether oxygens (including phenoxy) is 1. The van der Waals surface area contributed by atoms with Gasteiger partial charge >= 0.3 is 0 Å². The zero-order valence-corrected chi connectivity index (χ0v) is 11.1. The van der Waals surface area contributed by atoms with Gasteiger partial charge in [0, 0.05) is 24.0 Å². The van der Waals surface area contributed by atoms with Crippen molar-refractivity contribution in [1.29, 1.82) is 0 Å². The molecule has 1 fully saturated rings. The second-order valence-electron chi connectivity index (χ2n) is 3.91. The molecular formula is C12H17NOS2. The summed E-state index contributed by atoms with van der Waals surface area (Å²) in [5, 5.41) is 0.419. The summed E-state index contributed by atoms with van der Waals surface area (Å²) in [6.45, 7) is 5.83. The zero-order valence-electron chi connectivity index (χ0n) is 9.43. The summed E-state index contributed by atoms with van der Waals surface area (Å²) in [6, 6.07) is 8.59. The van der Waals surface area contributed by atoms with E-state index >= 15 is 0 Å². The first-order chi connectivity index (χ1) is 7.83. The van der Waals surface area contributed by atoms with E-state index in [1.54, 1.807) is 10.8 Å². The molecule has 1 saturated heterocycles. The number of hydrogen-bond donors (Lipinski definition) is 1. The maximum absolute atomic E-state index is 5.39. The number of thiol groups is 1. The van der Waals surface area contributed by atoms with Crippen molar-refractivity contribution in [2.75, 3.05) is 31.2 Å². The molecule has 2 rings (SSSR count). The van der Waals surface area contributed by atoms with Gasteiger partial charge in [0.15, 0.2) is 0 Å². The van der Waals surface area contributed by atoms with E-state index in [1.807, 2.05) is 0 Å². The van der Waals surface area contributed by atoms with Crippen LogP contribution in [0.1, 0.15) is 17.7 Å². The maximum atomic E-state index is 5.39. The van der Waals surface area contributed by atoms with Crippen LogP contribution in [-0.2, 0) is 4.74 Å². The smallest absolute Gasteiger partial charge is 0.0642 e. The lowest BCUT2D eigenvalue weighted by molar-refractivity contribution is 0.122. The van der Waals surface area contributed by atoms with Crippen molar-refractivity contribution >= 4 is 28.1 Å². The van der Waals surface area contributed by atoms with Crippen molar-refractivity contribution in [1.82, 2.24) is 0 Å². The van der Waals surface area contributed by atoms with Gasteiger partial charge in [-0.1, -0.05) is 29.0 Å². The highest BCUT2D eigenvalue weighted by molar-refractivity contribution is 8.68. The molecular weight excluding hydrogens is 238 g/mol. The number of rotatable bonds is 3. The minimum absolute atomic E-state index is 0.419. The number of benzene rings is 1. The molecule has 1 unspecified atom stereocenters. The highest BCUT2D eigenvalue weighted by Gasteiger charge is 2.17. The second-order valence-corrected chi connectivity index (χ2v) is 5.46. The molecule has 1 aromatic rings. The topological polar surface area (TPSA) is 12.5 Å². The van der Waals surface area contributed by atoms with Crippen molar-refractivity contribution in [3.8, 4) is 0 Å². The molecule has 0 aromatic heterocycles. The van der Waals surface area contributed by atoms with E-state index in [0.717, 1.165) is 26.3 Å². The molecule has 0 amide bonds. The third-order valence-electron chi connectivity index (χ3n) is 2.88. The third kappa shape index (κ3) is 2.67. The Morgan fingerprint density at radius 2 is 2.00 bits per heavy atom. The summed E-state index contributed by atoms with van der Waals surface area (Å²) in [7, 11) is 1.59. The lowest BCUT2D eigenvalue weighted by Gasteiger charge is -2.31. The molecule has 88 valence electrons. The summed E-state index contributed by atoms with van der Waals surface area (Å²) >= 11 is 4.31. The average Bonchev–Trinajstić information content (AvgIpc) is 2.39. The van der Waals surface area contributed by atoms with Gasteiger partial charge in [-0.25, -0.2) is 0 Å². The van der Waals surface area contributed by atoms with Crippen molar-refractivity contribution in [3.05, 3.63) is 29.8 Å². The van der Waals surface area contributed by atoms with Gasteiger partial charge in [-0.05, 0) is 18.6 Å². The standard InChI is InChI=1S/C12H17NOS2/c1-10(16-15)11-4-2-3-5-12(11)13-6-8-14-9-7-13/h2-5,10,15H,6-9H2,1H3. The number of anilines is 1. The zero-order chi connectivity index (χ0) is 11.4. The molecule has 0 radical (unpaired) electrons. The van der Waals surface area contributed by atoms with Crippen LogP contribution in [0.4, 0.5) is 5.69 Å². The van der Waals surface area contributed by atoms with Gasteiger partial charge in [0.25, 0.3) is 0 Å². The molecule has 2 nitrogen and oxygen atoms in total. The summed E-state index contributed by atoms with van der Waals surface area (Å²) in [5.41, 5.74) is 2.70.